The Balaban J connectivity index is 1.54. The van der Waals surface area contributed by atoms with Crippen LogP contribution in [0.3, 0.4) is 0 Å². The van der Waals surface area contributed by atoms with E-state index in [1.165, 1.54) is 0 Å². The van der Waals surface area contributed by atoms with E-state index < -0.39 is 0 Å². The van der Waals surface area contributed by atoms with Gasteiger partial charge >= 0.3 is 0 Å². The zero-order valence-corrected chi connectivity index (χ0v) is 15.7. The van der Waals surface area contributed by atoms with Crippen LogP contribution in [0, 0.1) is 0 Å². The van der Waals surface area contributed by atoms with Crippen LogP contribution < -0.4 is 20.3 Å². The minimum absolute atomic E-state index is 0.300. The molecule has 0 spiro atoms. The summed E-state index contributed by atoms with van der Waals surface area (Å²) in [6.07, 6.45) is 3.61. The molecule has 2 heterocycles. The summed E-state index contributed by atoms with van der Waals surface area (Å²) in [5.41, 5.74) is 1.04. The summed E-state index contributed by atoms with van der Waals surface area (Å²) in [5, 5.41) is 7.61. The van der Waals surface area contributed by atoms with Crippen LogP contribution in [0.15, 0.2) is 23.2 Å². The number of nitrogens with zero attached hydrogens (tertiary/aromatic N) is 2. The fourth-order valence-electron chi connectivity index (χ4n) is 3.41. The van der Waals surface area contributed by atoms with Gasteiger partial charge in [0.2, 0.25) is 0 Å². The Hall–Kier alpha value is -1.66. The van der Waals surface area contributed by atoms with Gasteiger partial charge in [0.15, 0.2) is 5.96 Å². The third-order valence-corrected chi connectivity index (χ3v) is 4.99. The van der Waals surface area contributed by atoms with E-state index in [0.717, 1.165) is 67.9 Å². The molecule has 138 valence electrons. The van der Waals surface area contributed by atoms with Crippen LogP contribution >= 0.6 is 11.6 Å². The first-order chi connectivity index (χ1) is 12.2. The van der Waals surface area contributed by atoms with Crippen LogP contribution in [0.1, 0.15) is 19.3 Å². The van der Waals surface area contributed by atoms with Gasteiger partial charge in [-0.05, 0) is 37.5 Å². The van der Waals surface area contributed by atoms with Crippen molar-refractivity contribution < 1.29 is 9.47 Å². The van der Waals surface area contributed by atoms with Gasteiger partial charge in [-0.1, -0.05) is 11.6 Å². The number of guanidine groups is 1. The quantitative estimate of drug-likeness (QED) is 0.618. The second-order valence-corrected chi connectivity index (χ2v) is 6.92. The average molecular weight is 367 g/mol. The molecule has 2 aliphatic rings. The van der Waals surface area contributed by atoms with Gasteiger partial charge in [0.1, 0.15) is 5.75 Å². The molecule has 2 fully saturated rings. The molecule has 2 aliphatic heterocycles. The maximum atomic E-state index is 6.16. The Bertz CT molecular complexity index is 605. The minimum atomic E-state index is 0.300. The second-order valence-electron chi connectivity index (χ2n) is 6.48. The summed E-state index contributed by atoms with van der Waals surface area (Å²) in [6, 6.07) is 6.07. The van der Waals surface area contributed by atoms with E-state index in [9.17, 15) is 0 Å². The maximum Gasteiger partial charge on any atom is 0.191 e. The van der Waals surface area contributed by atoms with Crippen LogP contribution in [0.5, 0.6) is 5.75 Å². The predicted octanol–water partition coefficient (Wildman–Crippen LogP) is 2.27. The predicted molar refractivity (Wildman–Crippen MR) is 102 cm³/mol. The molecular weight excluding hydrogens is 340 g/mol. The van der Waals surface area contributed by atoms with Gasteiger partial charge in [-0.3, -0.25) is 4.99 Å². The van der Waals surface area contributed by atoms with Gasteiger partial charge in [-0.25, -0.2) is 0 Å². The number of benzene rings is 1. The number of aliphatic imine (C=N–C) groups is 1. The van der Waals surface area contributed by atoms with E-state index in [2.05, 4.69) is 20.5 Å². The Labute approximate surface area is 154 Å². The van der Waals surface area contributed by atoms with Crippen molar-refractivity contribution in [2.24, 2.45) is 4.99 Å². The molecule has 0 radical (unpaired) electrons. The Morgan fingerprint density at radius 3 is 3.04 bits per heavy atom. The molecule has 7 heteroatoms. The standard InChI is InChI=1S/C18H27ClN4O2/c1-20-18(21-11-15-4-3-9-25-15)22-14-7-8-23(12-14)16-10-13(19)5-6-17(16)24-2/h5-6,10,14-15H,3-4,7-9,11-12H2,1-2H3,(H2,20,21,22). The zero-order valence-electron chi connectivity index (χ0n) is 14.9. The summed E-state index contributed by atoms with van der Waals surface area (Å²) >= 11 is 6.16. The third kappa shape index (κ3) is 4.70. The number of halogens is 1. The second kappa shape index (κ2) is 8.63. The van der Waals surface area contributed by atoms with Crippen molar-refractivity contribution in [2.45, 2.75) is 31.4 Å². The molecule has 1 aromatic rings. The van der Waals surface area contributed by atoms with E-state index in [4.69, 9.17) is 21.1 Å². The van der Waals surface area contributed by atoms with Gasteiger partial charge in [-0.2, -0.15) is 0 Å². The molecule has 0 bridgehead atoms. The molecule has 0 aliphatic carbocycles. The summed E-state index contributed by atoms with van der Waals surface area (Å²) < 4.78 is 11.1. The van der Waals surface area contributed by atoms with Crippen molar-refractivity contribution in [1.29, 1.82) is 0 Å². The molecule has 2 N–H and O–H groups in total. The summed E-state index contributed by atoms with van der Waals surface area (Å²) in [6.45, 7) is 3.52. The largest absolute Gasteiger partial charge is 0.495 e. The van der Waals surface area contributed by atoms with Crippen molar-refractivity contribution in [3.63, 3.8) is 0 Å². The molecule has 2 unspecified atom stereocenters. The molecule has 0 saturated carbocycles. The first kappa shape index (κ1) is 18.1. The van der Waals surface area contributed by atoms with Crippen LogP contribution in [0.4, 0.5) is 5.69 Å². The number of hydrogen-bond acceptors (Lipinski definition) is 4. The van der Waals surface area contributed by atoms with Gasteiger partial charge in [0.05, 0.1) is 18.9 Å². The van der Waals surface area contributed by atoms with Crippen molar-refractivity contribution in [2.75, 3.05) is 45.3 Å². The molecule has 6 nitrogen and oxygen atoms in total. The van der Waals surface area contributed by atoms with E-state index in [1.54, 1.807) is 14.2 Å². The van der Waals surface area contributed by atoms with Crippen molar-refractivity contribution >= 4 is 23.2 Å². The van der Waals surface area contributed by atoms with Crippen molar-refractivity contribution in [3.8, 4) is 5.75 Å². The number of nitrogens with one attached hydrogen (secondary N) is 2. The molecular formula is C18H27ClN4O2. The highest BCUT2D eigenvalue weighted by Gasteiger charge is 2.26. The molecule has 25 heavy (non-hydrogen) atoms. The molecule has 0 amide bonds. The summed E-state index contributed by atoms with van der Waals surface area (Å²) in [5.74, 6) is 1.69. The van der Waals surface area contributed by atoms with Crippen LogP contribution in [-0.4, -0.2) is 58.5 Å². The highest BCUT2D eigenvalue weighted by molar-refractivity contribution is 6.30. The number of rotatable bonds is 5. The Morgan fingerprint density at radius 2 is 2.32 bits per heavy atom. The molecule has 2 saturated heterocycles. The molecule has 2 atom stereocenters. The van der Waals surface area contributed by atoms with Gasteiger partial charge in [-0.15, -0.1) is 0 Å². The summed E-state index contributed by atoms with van der Waals surface area (Å²) in [4.78, 5) is 6.63. The van der Waals surface area contributed by atoms with E-state index >= 15 is 0 Å². The van der Waals surface area contributed by atoms with Gasteiger partial charge < -0.3 is 25.0 Å². The van der Waals surface area contributed by atoms with E-state index in [0.29, 0.717) is 12.1 Å². The zero-order chi connectivity index (χ0) is 17.6. The van der Waals surface area contributed by atoms with Crippen molar-refractivity contribution in [1.82, 2.24) is 10.6 Å². The van der Waals surface area contributed by atoms with Gasteiger partial charge in [0.25, 0.3) is 0 Å². The summed E-state index contributed by atoms with van der Waals surface area (Å²) in [7, 11) is 3.49. The lowest BCUT2D eigenvalue weighted by Gasteiger charge is -2.22. The fourth-order valence-corrected chi connectivity index (χ4v) is 3.58. The number of ether oxygens (including phenoxy) is 2. The number of hydrogen-bond donors (Lipinski definition) is 2. The van der Waals surface area contributed by atoms with Crippen LogP contribution in [0.2, 0.25) is 5.02 Å². The monoisotopic (exact) mass is 366 g/mol. The lowest BCUT2D eigenvalue weighted by Crippen LogP contribution is -2.46. The normalized spacial score (nSPS) is 23.8. The van der Waals surface area contributed by atoms with E-state index in [-0.39, 0.29) is 0 Å². The lowest BCUT2D eigenvalue weighted by atomic mass is 10.2. The minimum Gasteiger partial charge on any atom is -0.495 e. The SMILES string of the molecule is CN=C(NCC1CCCO1)NC1CCN(c2cc(Cl)ccc2OC)C1. The first-order valence-corrected chi connectivity index (χ1v) is 9.24. The Morgan fingerprint density at radius 1 is 1.44 bits per heavy atom. The first-order valence-electron chi connectivity index (χ1n) is 8.87. The highest BCUT2D eigenvalue weighted by atomic mass is 35.5. The maximum absolute atomic E-state index is 6.16. The molecule has 1 aromatic carbocycles. The lowest BCUT2D eigenvalue weighted by molar-refractivity contribution is 0.113. The highest BCUT2D eigenvalue weighted by Crippen LogP contribution is 2.33. The molecule has 0 aromatic heterocycles. The topological polar surface area (TPSA) is 58.1 Å². The Kier molecular flexibility index (Phi) is 6.26. The smallest absolute Gasteiger partial charge is 0.191 e. The van der Waals surface area contributed by atoms with Crippen molar-refractivity contribution in [3.05, 3.63) is 23.2 Å². The fraction of sp³-hybridized carbons (Fsp3) is 0.611. The molecule has 3 rings (SSSR count). The van der Waals surface area contributed by atoms with E-state index in [1.807, 2.05) is 18.2 Å². The average Bonchev–Trinajstić information content (AvgIpc) is 3.30. The third-order valence-electron chi connectivity index (χ3n) is 4.76. The van der Waals surface area contributed by atoms with Crippen LogP contribution in [-0.2, 0) is 4.74 Å². The van der Waals surface area contributed by atoms with Crippen LogP contribution in [0.25, 0.3) is 0 Å². The number of methoxy groups -OCH3 is 1. The van der Waals surface area contributed by atoms with Gasteiger partial charge in [0, 0.05) is 44.4 Å². The number of anilines is 1.